The lowest BCUT2D eigenvalue weighted by molar-refractivity contribution is -0.135. The normalized spacial score (nSPS) is 23.7. The summed E-state index contributed by atoms with van der Waals surface area (Å²) in [5.41, 5.74) is 0.506. The first-order valence-electron chi connectivity index (χ1n) is 4.88. The molecule has 0 saturated heterocycles. The first kappa shape index (κ1) is 8.60. The summed E-state index contributed by atoms with van der Waals surface area (Å²) in [6.45, 7) is 0.307. The van der Waals surface area contributed by atoms with Gasteiger partial charge in [0.15, 0.2) is 0 Å². The van der Waals surface area contributed by atoms with E-state index in [1.54, 1.807) is 0 Å². The zero-order valence-electron chi connectivity index (χ0n) is 7.58. The molecule has 1 saturated carbocycles. The van der Waals surface area contributed by atoms with Crippen molar-refractivity contribution in [2.24, 2.45) is 5.92 Å². The fraction of sp³-hybridized carbons (Fsp3) is 0.700. The molecule has 2 aliphatic rings. The Morgan fingerprint density at radius 3 is 2.46 bits per heavy atom. The van der Waals surface area contributed by atoms with Crippen molar-refractivity contribution in [3.05, 3.63) is 11.3 Å². The highest BCUT2D eigenvalue weighted by Gasteiger charge is 2.32. The van der Waals surface area contributed by atoms with Gasteiger partial charge in [0, 0.05) is 5.92 Å². The first-order valence-corrected chi connectivity index (χ1v) is 4.88. The molecule has 2 rings (SSSR count). The van der Waals surface area contributed by atoms with E-state index in [0.717, 1.165) is 18.6 Å². The first-order chi connectivity index (χ1) is 6.29. The molecular weight excluding hydrogens is 168 g/mol. The fourth-order valence-corrected chi connectivity index (χ4v) is 2.12. The average Bonchev–Trinajstić information content (AvgIpc) is 2.02. The van der Waals surface area contributed by atoms with E-state index in [0.29, 0.717) is 18.1 Å². The molecule has 1 aliphatic carbocycles. The van der Waals surface area contributed by atoms with Crippen LogP contribution in [0, 0.1) is 5.92 Å². The number of aliphatic carboxylic acids is 1. The van der Waals surface area contributed by atoms with Crippen molar-refractivity contribution in [2.45, 2.75) is 32.1 Å². The molecule has 0 aromatic heterocycles. The van der Waals surface area contributed by atoms with Gasteiger partial charge in [0.2, 0.25) is 0 Å². The van der Waals surface area contributed by atoms with Crippen LogP contribution in [0.25, 0.3) is 0 Å². The van der Waals surface area contributed by atoms with Gasteiger partial charge in [-0.3, -0.25) is 0 Å². The maximum atomic E-state index is 10.7. The molecule has 0 aromatic rings. The number of carboxylic acids is 1. The van der Waals surface area contributed by atoms with Crippen LogP contribution in [0.4, 0.5) is 0 Å². The van der Waals surface area contributed by atoms with E-state index in [9.17, 15) is 4.79 Å². The van der Waals surface area contributed by atoms with Gasteiger partial charge in [0.25, 0.3) is 0 Å². The number of ether oxygens (including phenoxy) is 1. The van der Waals surface area contributed by atoms with E-state index in [1.165, 1.54) is 19.3 Å². The monoisotopic (exact) mass is 182 g/mol. The number of rotatable bonds is 2. The molecule has 0 bridgehead atoms. The van der Waals surface area contributed by atoms with Crippen molar-refractivity contribution < 1.29 is 14.6 Å². The summed E-state index contributed by atoms with van der Waals surface area (Å²) in [4.78, 5) is 10.7. The molecule has 3 nitrogen and oxygen atoms in total. The number of allylic oxidation sites excluding steroid dienone is 1. The Balaban J connectivity index is 2.07. The van der Waals surface area contributed by atoms with Gasteiger partial charge in [0.05, 0.1) is 0 Å². The molecule has 0 unspecified atom stereocenters. The highest BCUT2D eigenvalue weighted by Crippen LogP contribution is 2.36. The quantitative estimate of drug-likeness (QED) is 0.709. The van der Waals surface area contributed by atoms with Crippen LogP contribution in [0.2, 0.25) is 0 Å². The maximum absolute atomic E-state index is 10.7. The average molecular weight is 182 g/mol. The Bertz CT molecular complexity index is 249. The number of hydrogen-bond donors (Lipinski definition) is 1. The van der Waals surface area contributed by atoms with Crippen molar-refractivity contribution in [1.82, 2.24) is 0 Å². The molecule has 1 fully saturated rings. The van der Waals surface area contributed by atoms with E-state index in [4.69, 9.17) is 9.84 Å². The minimum Gasteiger partial charge on any atom is -0.492 e. The third kappa shape index (κ3) is 1.55. The summed E-state index contributed by atoms with van der Waals surface area (Å²) in [5, 5.41) is 8.80. The van der Waals surface area contributed by atoms with E-state index in [1.807, 2.05) is 0 Å². The van der Waals surface area contributed by atoms with Crippen molar-refractivity contribution in [2.75, 3.05) is 6.61 Å². The predicted octanol–water partition coefficient (Wildman–Crippen LogP) is 1.94. The topological polar surface area (TPSA) is 46.5 Å². The van der Waals surface area contributed by atoms with E-state index in [2.05, 4.69) is 0 Å². The highest BCUT2D eigenvalue weighted by molar-refractivity contribution is 5.88. The second-order valence-corrected chi connectivity index (χ2v) is 3.77. The number of carboxylic acid groups (broad SMARTS) is 1. The second-order valence-electron chi connectivity index (χ2n) is 3.77. The van der Waals surface area contributed by atoms with E-state index in [-0.39, 0.29) is 0 Å². The molecule has 3 heteroatoms. The summed E-state index contributed by atoms with van der Waals surface area (Å²) in [5.74, 6) is 0.368. The smallest absolute Gasteiger partial charge is 0.338 e. The Morgan fingerprint density at radius 1 is 1.31 bits per heavy atom. The van der Waals surface area contributed by atoms with Crippen molar-refractivity contribution in [3.8, 4) is 0 Å². The number of hydrogen-bond acceptors (Lipinski definition) is 2. The lowest BCUT2D eigenvalue weighted by atomic mass is 9.85. The Labute approximate surface area is 77.4 Å². The Morgan fingerprint density at radius 2 is 2.00 bits per heavy atom. The van der Waals surface area contributed by atoms with Gasteiger partial charge in [-0.15, -0.1) is 0 Å². The molecule has 72 valence electrons. The molecule has 1 N–H and O–H groups in total. The highest BCUT2D eigenvalue weighted by atomic mass is 16.5. The van der Waals surface area contributed by atoms with Crippen LogP contribution < -0.4 is 0 Å². The number of carbonyl (C=O) groups is 1. The second kappa shape index (κ2) is 3.40. The molecule has 0 amide bonds. The van der Waals surface area contributed by atoms with Crippen LogP contribution in [-0.2, 0) is 9.53 Å². The van der Waals surface area contributed by atoms with Crippen LogP contribution in [0.1, 0.15) is 32.1 Å². The minimum atomic E-state index is -0.799. The zero-order valence-corrected chi connectivity index (χ0v) is 7.58. The molecule has 0 atom stereocenters. The molecule has 1 aliphatic heterocycles. The summed E-state index contributed by atoms with van der Waals surface area (Å²) in [6.07, 6.45) is 5.92. The molecule has 13 heavy (non-hydrogen) atoms. The van der Waals surface area contributed by atoms with Gasteiger partial charge in [0.1, 0.15) is 17.9 Å². The van der Waals surface area contributed by atoms with Gasteiger partial charge < -0.3 is 9.84 Å². The van der Waals surface area contributed by atoms with Gasteiger partial charge in [-0.25, -0.2) is 4.79 Å². The van der Waals surface area contributed by atoms with Crippen LogP contribution in [0.15, 0.2) is 11.3 Å². The molecule has 0 spiro atoms. The zero-order chi connectivity index (χ0) is 9.26. The summed E-state index contributed by atoms with van der Waals surface area (Å²) < 4.78 is 5.24. The Hall–Kier alpha value is -0.990. The summed E-state index contributed by atoms with van der Waals surface area (Å²) in [6, 6.07) is 0. The van der Waals surface area contributed by atoms with Crippen LogP contribution in [0.5, 0.6) is 0 Å². The molecular formula is C10H14O3. The van der Waals surface area contributed by atoms with Crippen molar-refractivity contribution in [3.63, 3.8) is 0 Å². The van der Waals surface area contributed by atoms with Gasteiger partial charge >= 0.3 is 5.97 Å². The standard InChI is InChI=1S/C10H14O3/c11-10(12)8-6-13-9(8)7-4-2-1-3-5-7/h7H,1-6H2,(H,11,12). The third-order valence-corrected chi connectivity index (χ3v) is 2.90. The SMILES string of the molecule is O=C(O)C1=C(C2CCCCC2)OC1. The maximum Gasteiger partial charge on any atom is 0.338 e. The summed E-state index contributed by atoms with van der Waals surface area (Å²) >= 11 is 0. The van der Waals surface area contributed by atoms with Gasteiger partial charge in [-0.05, 0) is 12.8 Å². The third-order valence-electron chi connectivity index (χ3n) is 2.90. The van der Waals surface area contributed by atoms with Crippen LogP contribution in [0.3, 0.4) is 0 Å². The lowest BCUT2D eigenvalue weighted by Gasteiger charge is -2.31. The summed E-state index contributed by atoms with van der Waals surface area (Å²) in [7, 11) is 0. The van der Waals surface area contributed by atoms with E-state index < -0.39 is 5.97 Å². The molecule has 0 radical (unpaired) electrons. The Kier molecular flexibility index (Phi) is 2.25. The van der Waals surface area contributed by atoms with Gasteiger partial charge in [-0.1, -0.05) is 19.3 Å². The molecule has 1 heterocycles. The minimum absolute atomic E-state index is 0.307. The largest absolute Gasteiger partial charge is 0.492 e. The van der Waals surface area contributed by atoms with Crippen molar-refractivity contribution in [1.29, 1.82) is 0 Å². The van der Waals surface area contributed by atoms with Crippen LogP contribution >= 0.6 is 0 Å². The fourth-order valence-electron chi connectivity index (χ4n) is 2.12. The van der Waals surface area contributed by atoms with Crippen LogP contribution in [-0.4, -0.2) is 17.7 Å². The van der Waals surface area contributed by atoms with Crippen molar-refractivity contribution >= 4 is 5.97 Å². The van der Waals surface area contributed by atoms with Gasteiger partial charge in [-0.2, -0.15) is 0 Å². The lowest BCUT2D eigenvalue weighted by Crippen LogP contribution is -2.27. The van der Waals surface area contributed by atoms with E-state index >= 15 is 0 Å². The molecule has 0 aromatic carbocycles. The predicted molar refractivity (Wildman–Crippen MR) is 47.2 cm³/mol.